The Balaban J connectivity index is 1.34. The second kappa shape index (κ2) is 6.26. The number of nitrogens with zero attached hydrogens (tertiary/aromatic N) is 3. The summed E-state index contributed by atoms with van der Waals surface area (Å²) in [6, 6.07) is 5.99. The van der Waals surface area contributed by atoms with E-state index in [-0.39, 0.29) is 17.2 Å². The molecule has 2 aromatic rings. The molecule has 1 amide bonds. The van der Waals surface area contributed by atoms with Crippen LogP contribution in [-0.2, 0) is 11.3 Å². The Bertz CT molecular complexity index is 774. The minimum absolute atomic E-state index is 0.199. The second-order valence-electron chi connectivity index (χ2n) is 7.45. The van der Waals surface area contributed by atoms with Crippen LogP contribution in [0.3, 0.4) is 0 Å². The van der Waals surface area contributed by atoms with Crippen LogP contribution in [0.4, 0.5) is 0 Å². The molecule has 1 aliphatic carbocycles. The van der Waals surface area contributed by atoms with Crippen LogP contribution < -0.4 is 10.6 Å². The van der Waals surface area contributed by atoms with Gasteiger partial charge in [-0.05, 0) is 69.3 Å². The Morgan fingerprint density at radius 2 is 2.16 bits per heavy atom. The van der Waals surface area contributed by atoms with Gasteiger partial charge in [0.25, 0.3) is 0 Å². The normalized spacial score (nSPS) is 21.3. The number of amides is 1. The van der Waals surface area contributed by atoms with Crippen molar-refractivity contribution in [3.05, 3.63) is 41.3 Å². The summed E-state index contributed by atoms with van der Waals surface area (Å²) in [6.45, 7) is 6.61. The zero-order chi connectivity index (χ0) is 17.4. The topological polar surface area (TPSA) is 71.8 Å². The first-order valence-corrected chi connectivity index (χ1v) is 9.04. The molecule has 1 saturated carbocycles. The van der Waals surface area contributed by atoms with Gasteiger partial charge in [-0.1, -0.05) is 6.07 Å². The van der Waals surface area contributed by atoms with Gasteiger partial charge in [0.05, 0.1) is 5.69 Å². The lowest BCUT2D eigenvalue weighted by molar-refractivity contribution is -0.123. The molecule has 6 nitrogen and oxygen atoms in total. The van der Waals surface area contributed by atoms with E-state index >= 15 is 0 Å². The van der Waals surface area contributed by atoms with E-state index in [9.17, 15) is 4.79 Å². The van der Waals surface area contributed by atoms with Crippen LogP contribution in [0.15, 0.2) is 24.4 Å². The summed E-state index contributed by atoms with van der Waals surface area (Å²) in [5.74, 6) is 1.21. The van der Waals surface area contributed by atoms with E-state index in [0.717, 1.165) is 55.1 Å². The molecule has 1 aliphatic heterocycles. The van der Waals surface area contributed by atoms with Gasteiger partial charge in [0.1, 0.15) is 0 Å². The molecule has 3 heterocycles. The fraction of sp³-hybridized carbons (Fsp3) is 0.526. The maximum atomic E-state index is 12.4. The number of aromatic nitrogens is 3. The van der Waals surface area contributed by atoms with Crippen molar-refractivity contribution >= 4 is 5.91 Å². The van der Waals surface area contributed by atoms with Crippen LogP contribution in [-0.4, -0.2) is 33.8 Å². The van der Waals surface area contributed by atoms with E-state index in [4.69, 9.17) is 0 Å². The van der Waals surface area contributed by atoms with Crippen molar-refractivity contribution in [3.63, 3.8) is 0 Å². The number of pyridine rings is 1. The van der Waals surface area contributed by atoms with Crippen molar-refractivity contribution in [2.24, 2.45) is 11.3 Å². The first-order chi connectivity index (χ1) is 12.1. The molecular weight excluding hydrogens is 314 g/mol. The summed E-state index contributed by atoms with van der Waals surface area (Å²) >= 11 is 0. The van der Waals surface area contributed by atoms with Crippen molar-refractivity contribution in [1.29, 1.82) is 0 Å². The van der Waals surface area contributed by atoms with E-state index in [0.29, 0.717) is 6.54 Å². The minimum Gasteiger partial charge on any atom is -0.352 e. The van der Waals surface area contributed by atoms with E-state index in [1.54, 1.807) is 0 Å². The lowest BCUT2D eigenvalue weighted by Crippen LogP contribution is -2.33. The van der Waals surface area contributed by atoms with Crippen molar-refractivity contribution < 1.29 is 4.79 Å². The molecule has 0 radical (unpaired) electrons. The molecule has 4 rings (SSSR count). The summed E-state index contributed by atoms with van der Waals surface area (Å²) < 4.78 is 1.84. The first kappa shape index (κ1) is 16.3. The average molecular weight is 339 g/mol. The molecule has 1 atom stereocenters. The largest absolute Gasteiger partial charge is 0.352 e. The van der Waals surface area contributed by atoms with Crippen molar-refractivity contribution in [2.45, 2.75) is 39.7 Å². The van der Waals surface area contributed by atoms with Gasteiger partial charge < -0.3 is 10.6 Å². The number of piperidine rings is 1. The highest BCUT2D eigenvalue weighted by molar-refractivity contribution is 5.82. The Kier molecular flexibility index (Phi) is 4.07. The molecule has 2 aliphatic rings. The summed E-state index contributed by atoms with van der Waals surface area (Å²) in [5.41, 5.74) is 3.34. The third-order valence-corrected chi connectivity index (χ3v) is 5.61. The van der Waals surface area contributed by atoms with E-state index in [2.05, 4.69) is 20.7 Å². The number of rotatable bonds is 4. The summed E-state index contributed by atoms with van der Waals surface area (Å²) in [4.78, 5) is 16.9. The summed E-state index contributed by atoms with van der Waals surface area (Å²) in [7, 11) is 0. The SMILES string of the molecule is Cc1cc(C)n(-c2ccc(CNC(=O)C3CC34CCNCC4)cn2)n1. The molecule has 6 heteroatoms. The highest BCUT2D eigenvalue weighted by Gasteiger charge is 2.57. The van der Waals surface area contributed by atoms with E-state index < -0.39 is 0 Å². The maximum Gasteiger partial charge on any atom is 0.223 e. The molecular formula is C19H25N5O. The molecule has 2 aromatic heterocycles. The number of carbonyl (C=O) groups is 1. The molecule has 25 heavy (non-hydrogen) atoms. The second-order valence-corrected chi connectivity index (χ2v) is 7.45. The fourth-order valence-corrected chi connectivity index (χ4v) is 4.02. The number of hydrogen-bond donors (Lipinski definition) is 2. The van der Waals surface area contributed by atoms with Crippen LogP contribution in [0.1, 0.15) is 36.2 Å². The zero-order valence-corrected chi connectivity index (χ0v) is 14.9. The molecule has 1 saturated heterocycles. The lowest BCUT2D eigenvalue weighted by atomic mass is 9.92. The van der Waals surface area contributed by atoms with E-state index in [1.165, 1.54) is 0 Å². The molecule has 0 aromatic carbocycles. The Hall–Kier alpha value is -2.21. The van der Waals surface area contributed by atoms with Crippen molar-refractivity contribution in [3.8, 4) is 5.82 Å². The van der Waals surface area contributed by atoms with Crippen molar-refractivity contribution in [2.75, 3.05) is 13.1 Å². The molecule has 2 N–H and O–H groups in total. The van der Waals surface area contributed by atoms with Gasteiger partial charge in [0.2, 0.25) is 5.91 Å². The molecule has 2 fully saturated rings. The Labute approximate surface area is 148 Å². The lowest BCUT2D eigenvalue weighted by Gasteiger charge is -2.23. The van der Waals surface area contributed by atoms with Crippen molar-refractivity contribution in [1.82, 2.24) is 25.4 Å². The predicted octanol–water partition coefficient (Wildman–Crippen LogP) is 1.89. The van der Waals surface area contributed by atoms with Crippen LogP contribution in [0.25, 0.3) is 5.82 Å². The van der Waals surface area contributed by atoms with Crippen LogP contribution in [0.2, 0.25) is 0 Å². The van der Waals surface area contributed by atoms with Gasteiger partial charge in [-0.2, -0.15) is 5.10 Å². The van der Waals surface area contributed by atoms with E-state index in [1.807, 2.05) is 42.9 Å². The highest BCUT2D eigenvalue weighted by Crippen LogP contribution is 2.58. The molecule has 1 spiro atoms. The summed E-state index contributed by atoms with van der Waals surface area (Å²) in [6.07, 6.45) is 5.13. The highest BCUT2D eigenvalue weighted by atomic mass is 16.2. The predicted molar refractivity (Wildman–Crippen MR) is 95.3 cm³/mol. The van der Waals surface area contributed by atoms with Gasteiger partial charge in [0, 0.05) is 24.4 Å². The Morgan fingerprint density at radius 3 is 2.80 bits per heavy atom. The molecule has 1 unspecified atom stereocenters. The minimum atomic E-state index is 0.199. The monoisotopic (exact) mass is 339 g/mol. The van der Waals surface area contributed by atoms with Gasteiger partial charge >= 0.3 is 0 Å². The van der Waals surface area contributed by atoms with Crippen LogP contribution in [0.5, 0.6) is 0 Å². The fourth-order valence-electron chi connectivity index (χ4n) is 4.02. The number of hydrogen-bond acceptors (Lipinski definition) is 4. The van der Waals surface area contributed by atoms with Gasteiger partial charge in [-0.15, -0.1) is 0 Å². The average Bonchev–Trinajstić information content (AvgIpc) is 3.20. The quantitative estimate of drug-likeness (QED) is 0.892. The number of aryl methyl sites for hydroxylation is 2. The third kappa shape index (κ3) is 3.18. The maximum absolute atomic E-state index is 12.4. The van der Waals surface area contributed by atoms with Gasteiger partial charge in [-0.25, -0.2) is 9.67 Å². The van der Waals surface area contributed by atoms with Crippen LogP contribution in [0, 0.1) is 25.2 Å². The van der Waals surface area contributed by atoms with Gasteiger partial charge in [-0.3, -0.25) is 4.79 Å². The van der Waals surface area contributed by atoms with Crippen LogP contribution >= 0.6 is 0 Å². The smallest absolute Gasteiger partial charge is 0.223 e. The molecule has 0 bridgehead atoms. The number of carbonyl (C=O) groups excluding carboxylic acids is 1. The number of nitrogens with one attached hydrogen (secondary N) is 2. The first-order valence-electron chi connectivity index (χ1n) is 9.04. The standard InChI is InChI=1S/C19H25N5O/c1-13-9-14(2)24(23-13)17-4-3-15(11-21-17)12-22-18(25)16-10-19(16)5-7-20-8-6-19/h3-4,9,11,16,20H,5-8,10,12H2,1-2H3,(H,22,25). The molecule has 132 valence electrons. The third-order valence-electron chi connectivity index (χ3n) is 5.61. The summed E-state index contributed by atoms with van der Waals surface area (Å²) in [5, 5.41) is 10.9. The van der Waals surface area contributed by atoms with Gasteiger partial charge in [0.15, 0.2) is 5.82 Å². The zero-order valence-electron chi connectivity index (χ0n) is 14.9. The Morgan fingerprint density at radius 1 is 1.36 bits per heavy atom.